The second-order valence-corrected chi connectivity index (χ2v) is 7.79. The molecule has 0 bridgehead atoms. The fourth-order valence-corrected chi connectivity index (χ4v) is 3.40. The number of rotatable bonds is 3. The van der Waals surface area contributed by atoms with Gasteiger partial charge in [-0.15, -0.1) is 0 Å². The number of aliphatic hydroxyl groups is 1. The smallest absolute Gasteiger partial charge is 0.240 e. The topological polar surface area (TPSA) is 75.3 Å². The van der Waals surface area contributed by atoms with Gasteiger partial charge in [-0.3, -0.25) is 4.79 Å². The van der Waals surface area contributed by atoms with Crippen LogP contribution in [0.3, 0.4) is 0 Å². The molecule has 0 atom stereocenters. The van der Waals surface area contributed by atoms with Crippen LogP contribution in [-0.4, -0.2) is 28.7 Å². The molecule has 116 valence electrons. The van der Waals surface area contributed by atoms with Crippen LogP contribution in [0.2, 0.25) is 0 Å². The molecule has 0 saturated heterocycles. The summed E-state index contributed by atoms with van der Waals surface area (Å²) in [6.07, 6.45) is 8.31. The number of hydrogen-bond donors (Lipinski definition) is 3. The fourth-order valence-electron chi connectivity index (χ4n) is 3.40. The van der Waals surface area contributed by atoms with Crippen LogP contribution in [0.15, 0.2) is 0 Å². The van der Waals surface area contributed by atoms with E-state index in [-0.39, 0.29) is 5.91 Å². The lowest BCUT2D eigenvalue weighted by molar-refractivity contribution is -0.129. The van der Waals surface area contributed by atoms with E-state index in [1.807, 2.05) is 0 Å². The summed E-state index contributed by atoms with van der Waals surface area (Å²) >= 11 is 0. The standard InChI is InChI=1S/C16H30N2O2/c1-14(2)8-10-15(20,11-9-14)12-18-13(19)16(17)6-4-3-5-7-16/h20H,3-12,17H2,1-2H3,(H,18,19). The van der Waals surface area contributed by atoms with Gasteiger partial charge in [0.25, 0.3) is 0 Å². The molecule has 0 aromatic heterocycles. The molecule has 20 heavy (non-hydrogen) atoms. The quantitative estimate of drug-likeness (QED) is 0.742. The molecular weight excluding hydrogens is 252 g/mol. The number of carbonyl (C=O) groups is 1. The summed E-state index contributed by atoms with van der Waals surface area (Å²) < 4.78 is 0. The van der Waals surface area contributed by atoms with Crippen molar-refractivity contribution in [2.75, 3.05) is 6.54 Å². The summed E-state index contributed by atoms with van der Waals surface area (Å²) in [5, 5.41) is 13.5. The number of nitrogens with two attached hydrogens (primary N) is 1. The second kappa shape index (κ2) is 5.64. The third kappa shape index (κ3) is 3.73. The van der Waals surface area contributed by atoms with E-state index in [9.17, 15) is 9.90 Å². The molecule has 4 nitrogen and oxygen atoms in total. The Labute approximate surface area is 122 Å². The van der Waals surface area contributed by atoms with Crippen molar-refractivity contribution in [2.45, 2.75) is 82.8 Å². The lowest BCUT2D eigenvalue weighted by atomic mass is 9.71. The summed E-state index contributed by atoms with van der Waals surface area (Å²) in [5.41, 5.74) is 5.08. The molecule has 4 N–H and O–H groups in total. The van der Waals surface area contributed by atoms with E-state index < -0.39 is 11.1 Å². The van der Waals surface area contributed by atoms with Crippen molar-refractivity contribution >= 4 is 5.91 Å². The minimum Gasteiger partial charge on any atom is -0.388 e. The third-order valence-corrected chi connectivity index (χ3v) is 5.31. The Kier molecular flexibility index (Phi) is 4.45. The van der Waals surface area contributed by atoms with Crippen LogP contribution in [0.1, 0.15) is 71.6 Å². The van der Waals surface area contributed by atoms with Gasteiger partial charge in [0.15, 0.2) is 0 Å². The first kappa shape index (κ1) is 15.8. The van der Waals surface area contributed by atoms with Crippen LogP contribution >= 0.6 is 0 Å². The molecule has 2 aliphatic rings. The normalized spacial score (nSPS) is 27.8. The maximum Gasteiger partial charge on any atom is 0.240 e. The summed E-state index contributed by atoms with van der Waals surface area (Å²) in [4.78, 5) is 12.3. The maximum absolute atomic E-state index is 12.3. The van der Waals surface area contributed by atoms with Gasteiger partial charge in [0.05, 0.1) is 11.1 Å². The molecular formula is C16H30N2O2. The van der Waals surface area contributed by atoms with Gasteiger partial charge in [-0.05, 0) is 43.9 Å². The number of carbonyl (C=O) groups excluding carboxylic acids is 1. The van der Waals surface area contributed by atoms with Crippen molar-refractivity contribution in [3.05, 3.63) is 0 Å². The largest absolute Gasteiger partial charge is 0.388 e. The average Bonchev–Trinajstić information content (AvgIpc) is 2.41. The molecule has 0 unspecified atom stereocenters. The predicted molar refractivity (Wildman–Crippen MR) is 80.2 cm³/mol. The monoisotopic (exact) mass is 282 g/mol. The molecule has 1 amide bonds. The summed E-state index contributed by atoms with van der Waals surface area (Å²) in [6, 6.07) is 0. The zero-order valence-corrected chi connectivity index (χ0v) is 13.0. The van der Waals surface area contributed by atoms with Crippen LogP contribution in [-0.2, 0) is 4.79 Å². The van der Waals surface area contributed by atoms with Gasteiger partial charge in [-0.2, -0.15) is 0 Å². The van der Waals surface area contributed by atoms with Gasteiger partial charge < -0.3 is 16.2 Å². The van der Waals surface area contributed by atoms with Crippen molar-refractivity contribution in [2.24, 2.45) is 11.1 Å². The zero-order chi connectivity index (χ0) is 14.9. The van der Waals surface area contributed by atoms with E-state index >= 15 is 0 Å². The van der Waals surface area contributed by atoms with E-state index in [1.54, 1.807) is 0 Å². The predicted octanol–water partition coefficient (Wildman–Crippen LogP) is 2.10. The van der Waals surface area contributed by atoms with Crippen molar-refractivity contribution in [3.63, 3.8) is 0 Å². The highest BCUT2D eigenvalue weighted by molar-refractivity contribution is 5.86. The van der Waals surface area contributed by atoms with Gasteiger partial charge in [-0.25, -0.2) is 0 Å². The van der Waals surface area contributed by atoms with Crippen LogP contribution in [0, 0.1) is 5.41 Å². The molecule has 0 aromatic carbocycles. The Morgan fingerprint density at radius 3 is 2.15 bits per heavy atom. The molecule has 2 fully saturated rings. The molecule has 4 heteroatoms. The number of hydrogen-bond acceptors (Lipinski definition) is 3. The van der Waals surface area contributed by atoms with E-state index in [4.69, 9.17) is 5.73 Å². The molecule has 2 saturated carbocycles. The summed E-state index contributed by atoms with van der Waals surface area (Å²) in [6.45, 7) is 4.82. The van der Waals surface area contributed by atoms with Gasteiger partial charge in [0.1, 0.15) is 0 Å². The van der Waals surface area contributed by atoms with Gasteiger partial charge >= 0.3 is 0 Å². The van der Waals surface area contributed by atoms with Crippen molar-refractivity contribution in [1.29, 1.82) is 0 Å². The highest BCUT2D eigenvalue weighted by atomic mass is 16.3. The average molecular weight is 282 g/mol. The Morgan fingerprint density at radius 1 is 1.05 bits per heavy atom. The molecule has 0 radical (unpaired) electrons. The van der Waals surface area contributed by atoms with E-state index in [1.165, 1.54) is 6.42 Å². The van der Waals surface area contributed by atoms with Crippen molar-refractivity contribution in [3.8, 4) is 0 Å². The van der Waals surface area contributed by atoms with Crippen molar-refractivity contribution < 1.29 is 9.90 Å². The van der Waals surface area contributed by atoms with Crippen LogP contribution < -0.4 is 11.1 Å². The molecule has 0 aliphatic heterocycles. The van der Waals surface area contributed by atoms with Crippen LogP contribution in [0.25, 0.3) is 0 Å². The number of nitrogens with one attached hydrogen (secondary N) is 1. The highest BCUT2D eigenvalue weighted by Crippen LogP contribution is 2.39. The Morgan fingerprint density at radius 2 is 1.60 bits per heavy atom. The van der Waals surface area contributed by atoms with Gasteiger partial charge in [-0.1, -0.05) is 33.1 Å². The van der Waals surface area contributed by atoms with Crippen LogP contribution in [0.4, 0.5) is 0 Å². The molecule has 2 aliphatic carbocycles. The van der Waals surface area contributed by atoms with Gasteiger partial charge in [0, 0.05) is 6.54 Å². The molecule has 0 heterocycles. The van der Waals surface area contributed by atoms with E-state index in [2.05, 4.69) is 19.2 Å². The fraction of sp³-hybridized carbons (Fsp3) is 0.938. The SMILES string of the molecule is CC1(C)CCC(O)(CNC(=O)C2(N)CCCCC2)CC1. The zero-order valence-electron chi connectivity index (χ0n) is 13.0. The van der Waals surface area contributed by atoms with Crippen molar-refractivity contribution in [1.82, 2.24) is 5.32 Å². The Hall–Kier alpha value is -0.610. The number of amides is 1. The summed E-state index contributed by atoms with van der Waals surface area (Å²) in [7, 11) is 0. The lowest BCUT2D eigenvalue weighted by Crippen LogP contribution is -2.58. The third-order valence-electron chi connectivity index (χ3n) is 5.31. The first-order valence-electron chi connectivity index (χ1n) is 8.04. The first-order chi connectivity index (χ1) is 9.25. The van der Waals surface area contributed by atoms with Crippen LogP contribution in [0.5, 0.6) is 0 Å². The van der Waals surface area contributed by atoms with Gasteiger partial charge in [0.2, 0.25) is 5.91 Å². The maximum atomic E-state index is 12.3. The second-order valence-electron chi connectivity index (χ2n) is 7.79. The molecule has 0 aromatic rings. The first-order valence-corrected chi connectivity index (χ1v) is 8.04. The molecule has 0 spiro atoms. The lowest BCUT2D eigenvalue weighted by Gasteiger charge is -2.41. The van der Waals surface area contributed by atoms with E-state index in [0.29, 0.717) is 12.0 Å². The highest BCUT2D eigenvalue weighted by Gasteiger charge is 2.39. The Balaban J connectivity index is 1.84. The molecule has 2 rings (SSSR count). The van der Waals surface area contributed by atoms with E-state index in [0.717, 1.165) is 51.4 Å². The summed E-state index contributed by atoms with van der Waals surface area (Å²) in [5.74, 6) is -0.0736. The minimum atomic E-state index is -0.740. The minimum absolute atomic E-state index is 0.0736. The Bertz CT molecular complexity index is 349.